The van der Waals surface area contributed by atoms with E-state index in [0.29, 0.717) is 54.4 Å². The van der Waals surface area contributed by atoms with Crippen LogP contribution in [0.2, 0.25) is 0 Å². The summed E-state index contributed by atoms with van der Waals surface area (Å²) in [5.74, 6) is 0.293. The third-order valence-electron chi connectivity index (χ3n) is 7.08. The molecule has 2 heterocycles. The number of hydrogen-bond acceptors (Lipinski definition) is 5. The van der Waals surface area contributed by atoms with E-state index >= 15 is 4.39 Å². The van der Waals surface area contributed by atoms with Crippen LogP contribution in [0.15, 0.2) is 60.7 Å². The van der Waals surface area contributed by atoms with Crippen LogP contribution < -0.4 is 14.2 Å². The first-order valence-electron chi connectivity index (χ1n) is 13.3. The highest BCUT2D eigenvalue weighted by Gasteiger charge is 2.21. The smallest absolute Gasteiger partial charge is 0.257 e. The van der Waals surface area contributed by atoms with Crippen molar-refractivity contribution in [3.63, 3.8) is 0 Å². The van der Waals surface area contributed by atoms with E-state index in [-0.39, 0.29) is 23.4 Å². The fourth-order valence-corrected chi connectivity index (χ4v) is 6.00. The Morgan fingerprint density at radius 2 is 1.82 bits per heavy atom. The van der Waals surface area contributed by atoms with Crippen molar-refractivity contribution in [2.45, 2.75) is 39.7 Å². The molecule has 208 valence electrons. The molecule has 2 amide bonds. The van der Waals surface area contributed by atoms with Crippen molar-refractivity contribution in [2.75, 3.05) is 19.7 Å². The lowest BCUT2D eigenvalue weighted by Gasteiger charge is -2.18. The number of carbonyl (C=O) groups is 2. The SMILES string of the molecule is Cc1cc(OCCCN2CCCC2=O)c(F)c(C)c1-c1cccc(COc2ccc(C3=CC(=O)NS3=O)cc2)c1. The van der Waals surface area contributed by atoms with Crippen LogP contribution in [0.5, 0.6) is 11.5 Å². The second-order valence-corrected chi connectivity index (χ2v) is 11.1. The third kappa shape index (κ3) is 6.09. The van der Waals surface area contributed by atoms with Crippen LogP contribution >= 0.6 is 0 Å². The zero-order chi connectivity index (χ0) is 28.2. The van der Waals surface area contributed by atoms with Gasteiger partial charge in [0.2, 0.25) is 5.91 Å². The minimum Gasteiger partial charge on any atom is -0.490 e. The maximum Gasteiger partial charge on any atom is 0.257 e. The van der Waals surface area contributed by atoms with Crippen LogP contribution in [0.25, 0.3) is 16.0 Å². The summed E-state index contributed by atoms with van der Waals surface area (Å²) >= 11 is 0. The lowest BCUT2D eigenvalue weighted by molar-refractivity contribution is -0.127. The van der Waals surface area contributed by atoms with E-state index in [0.717, 1.165) is 35.2 Å². The summed E-state index contributed by atoms with van der Waals surface area (Å²) in [6.07, 6.45) is 3.51. The molecule has 1 N–H and O–H groups in total. The highest BCUT2D eigenvalue weighted by Crippen LogP contribution is 2.35. The molecule has 9 heteroatoms. The van der Waals surface area contributed by atoms with Gasteiger partial charge in [0, 0.05) is 25.6 Å². The number of nitrogens with zero attached hydrogens (tertiary/aromatic N) is 1. The summed E-state index contributed by atoms with van der Waals surface area (Å²) in [6, 6.07) is 16.6. The molecule has 0 aliphatic carbocycles. The Morgan fingerprint density at radius 3 is 2.52 bits per heavy atom. The van der Waals surface area contributed by atoms with E-state index in [2.05, 4.69) is 4.72 Å². The average molecular weight is 563 g/mol. The topological polar surface area (TPSA) is 84.9 Å². The molecular weight excluding hydrogens is 531 g/mol. The molecule has 1 fully saturated rings. The molecule has 0 spiro atoms. The molecule has 40 heavy (non-hydrogen) atoms. The molecule has 5 rings (SSSR count). The van der Waals surface area contributed by atoms with Gasteiger partial charge < -0.3 is 14.4 Å². The molecule has 1 unspecified atom stereocenters. The Labute approximate surface area is 235 Å². The van der Waals surface area contributed by atoms with Gasteiger partial charge >= 0.3 is 0 Å². The van der Waals surface area contributed by atoms with E-state index in [1.54, 1.807) is 37.3 Å². The molecule has 0 radical (unpaired) electrons. The minimum absolute atomic E-state index is 0.181. The number of hydrogen-bond donors (Lipinski definition) is 1. The molecule has 0 bridgehead atoms. The second-order valence-electron chi connectivity index (χ2n) is 9.95. The van der Waals surface area contributed by atoms with Gasteiger partial charge in [-0.3, -0.25) is 14.3 Å². The molecule has 0 aromatic heterocycles. The van der Waals surface area contributed by atoms with E-state index in [9.17, 15) is 13.8 Å². The normalized spacial score (nSPS) is 16.7. The highest BCUT2D eigenvalue weighted by atomic mass is 32.2. The molecule has 3 aromatic carbocycles. The predicted molar refractivity (Wildman–Crippen MR) is 152 cm³/mol. The fraction of sp³-hybridized carbons (Fsp3) is 0.290. The van der Waals surface area contributed by atoms with Crippen molar-refractivity contribution in [2.24, 2.45) is 0 Å². The zero-order valence-corrected chi connectivity index (χ0v) is 23.3. The first-order chi connectivity index (χ1) is 19.3. The summed E-state index contributed by atoms with van der Waals surface area (Å²) in [6.45, 7) is 5.78. The maximum atomic E-state index is 15.3. The summed E-state index contributed by atoms with van der Waals surface area (Å²) in [4.78, 5) is 25.5. The van der Waals surface area contributed by atoms with E-state index in [1.807, 2.05) is 36.1 Å². The zero-order valence-electron chi connectivity index (χ0n) is 22.5. The van der Waals surface area contributed by atoms with Gasteiger partial charge in [-0.2, -0.15) is 0 Å². The molecular formula is C31H31FN2O5S. The summed E-state index contributed by atoms with van der Waals surface area (Å²) in [7, 11) is -1.54. The van der Waals surface area contributed by atoms with Crippen molar-refractivity contribution >= 4 is 27.7 Å². The van der Waals surface area contributed by atoms with Crippen molar-refractivity contribution in [1.29, 1.82) is 0 Å². The van der Waals surface area contributed by atoms with Gasteiger partial charge in [-0.05, 0) is 84.3 Å². The van der Waals surface area contributed by atoms with Crippen molar-refractivity contribution in [1.82, 2.24) is 9.62 Å². The molecule has 0 saturated carbocycles. The largest absolute Gasteiger partial charge is 0.490 e. The standard InChI is InChI=1S/C31H31FN2O5S/c1-20-16-26(38-15-5-14-34-13-4-8-29(34)36)31(32)21(2)30(20)24-7-3-6-22(17-24)19-39-25-11-9-23(10-12-25)27-18-28(35)33-40(27)37/h3,6-7,9-12,16-18H,4-5,8,13-15,19H2,1-2H3,(H,33,35). The summed E-state index contributed by atoms with van der Waals surface area (Å²) < 4.78 is 41.4. The van der Waals surface area contributed by atoms with Crippen LogP contribution in [-0.4, -0.2) is 40.6 Å². The van der Waals surface area contributed by atoms with Gasteiger partial charge in [0.25, 0.3) is 5.91 Å². The Balaban J connectivity index is 1.23. The number of rotatable bonds is 10. The number of likely N-dealkylation sites (tertiary alicyclic amines) is 1. The second kappa shape index (κ2) is 12.0. The van der Waals surface area contributed by atoms with Crippen LogP contribution in [-0.2, 0) is 27.2 Å². The molecule has 2 aliphatic rings. The van der Waals surface area contributed by atoms with Crippen molar-refractivity contribution < 1.29 is 27.7 Å². The molecule has 2 aliphatic heterocycles. The number of aryl methyl sites for hydroxylation is 1. The van der Waals surface area contributed by atoms with E-state index < -0.39 is 11.0 Å². The lowest BCUT2D eigenvalue weighted by atomic mass is 9.94. The molecule has 7 nitrogen and oxygen atoms in total. The number of nitrogens with one attached hydrogen (secondary N) is 1. The predicted octanol–water partition coefficient (Wildman–Crippen LogP) is 5.21. The third-order valence-corrected chi connectivity index (χ3v) is 8.22. The Kier molecular flexibility index (Phi) is 8.30. The van der Waals surface area contributed by atoms with Crippen LogP contribution in [0.1, 0.15) is 41.5 Å². The highest BCUT2D eigenvalue weighted by molar-refractivity contribution is 7.93. The fourth-order valence-electron chi connectivity index (χ4n) is 5.09. The molecule has 1 saturated heterocycles. The van der Waals surface area contributed by atoms with Gasteiger partial charge in [-0.15, -0.1) is 0 Å². The number of halogens is 1. The number of amides is 2. The molecule has 1 atom stereocenters. The summed E-state index contributed by atoms with van der Waals surface area (Å²) in [5, 5.41) is 0. The average Bonchev–Trinajstić information content (AvgIpc) is 3.51. The quantitative estimate of drug-likeness (QED) is 0.343. The summed E-state index contributed by atoms with van der Waals surface area (Å²) in [5.41, 5.74) is 4.74. The van der Waals surface area contributed by atoms with Crippen LogP contribution in [0.4, 0.5) is 4.39 Å². The van der Waals surface area contributed by atoms with E-state index in [1.165, 1.54) is 6.08 Å². The molecule has 3 aromatic rings. The number of carbonyl (C=O) groups excluding carboxylic acids is 2. The van der Waals surface area contributed by atoms with Gasteiger partial charge in [-0.25, -0.2) is 8.60 Å². The van der Waals surface area contributed by atoms with Crippen molar-refractivity contribution in [3.8, 4) is 22.6 Å². The first kappa shape index (κ1) is 27.6. The van der Waals surface area contributed by atoms with Gasteiger partial charge in [0.05, 0.1) is 11.5 Å². The Hall–Kier alpha value is -3.98. The Morgan fingerprint density at radius 1 is 1.02 bits per heavy atom. The number of benzene rings is 3. The first-order valence-corrected chi connectivity index (χ1v) is 14.4. The van der Waals surface area contributed by atoms with Gasteiger partial charge in [0.1, 0.15) is 12.4 Å². The van der Waals surface area contributed by atoms with Gasteiger partial charge in [-0.1, -0.05) is 30.3 Å². The maximum absolute atomic E-state index is 15.3. The van der Waals surface area contributed by atoms with Crippen molar-refractivity contribution in [3.05, 3.63) is 88.7 Å². The van der Waals surface area contributed by atoms with E-state index in [4.69, 9.17) is 9.47 Å². The van der Waals surface area contributed by atoms with Crippen LogP contribution in [0, 0.1) is 19.7 Å². The minimum atomic E-state index is -1.54. The lowest BCUT2D eigenvalue weighted by Crippen LogP contribution is -2.26. The number of ether oxygens (including phenoxy) is 2. The van der Waals surface area contributed by atoms with Gasteiger partial charge in [0.15, 0.2) is 22.6 Å². The Bertz CT molecular complexity index is 1500. The van der Waals surface area contributed by atoms with Crippen LogP contribution in [0.3, 0.4) is 0 Å². The monoisotopic (exact) mass is 562 g/mol.